The average molecular weight is 216 g/mol. The molecular formula is C8H22ClNOS. The van der Waals surface area contributed by atoms with Crippen molar-refractivity contribution in [3.8, 4) is 0 Å². The summed E-state index contributed by atoms with van der Waals surface area (Å²) in [5, 5.41) is 0. The second kappa shape index (κ2) is 14.1. The molecule has 0 atom stereocenters. The molecule has 4 heteroatoms. The molecule has 0 aromatic carbocycles. The van der Waals surface area contributed by atoms with E-state index >= 15 is 0 Å². The van der Waals surface area contributed by atoms with Crippen molar-refractivity contribution < 1.29 is 4.55 Å². The molecule has 0 bridgehead atoms. The zero-order valence-corrected chi connectivity index (χ0v) is 10.4. The van der Waals surface area contributed by atoms with Gasteiger partial charge < -0.3 is 9.45 Å². The summed E-state index contributed by atoms with van der Waals surface area (Å²) in [6.45, 7) is 10.1. The summed E-state index contributed by atoms with van der Waals surface area (Å²) < 4.78 is 9.56. The zero-order valence-electron chi connectivity index (χ0n) is 8.79. The summed E-state index contributed by atoms with van der Waals surface area (Å²) in [5.74, 6) is 0. The summed E-state index contributed by atoms with van der Waals surface area (Å²) in [6, 6.07) is 0. The molecule has 0 N–H and O–H groups in total. The van der Waals surface area contributed by atoms with Crippen LogP contribution in [-0.4, -0.2) is 41.6 Å². The number of hydrogen-bond donors (Lipinski definition) is 0. The van der Waals surface area contributed by atoms with E-state index in [1.807, 2.05) is 0 Å². The van der Waals surface area contributed by atoms with E-state index in [4.69, 9.17) is 0 Å². The first kappa shape index (κ1) is 18.4. The van der Waals surface area contributed by atoms with Crippen LogP contribution in [0.5, 0.6) is 0 Å². The summed E-state index contributed by atoms with van der Waals surface area (Å²) in [7, 11) is 0. The quantitative estimate of drug-likeness (QED) is 0.671. The predicted octanol–water partition coefficient (Wildman–Crippen LogP) is 1.76. The van der Waals surface area contributed by atoms with Crippen LogP contribution < -0.4 is 0 Å². The predicted molar refractivity (Wildman–Crippen MR) is 60.7 cm³/mol. The van der Waals surface area contributed by atoms with Gasteiger partial charge in [0.05, 0.1) is 12.5 Å². The van der Waals surface area contributed by atoms with Gasteiger partial charge in [0.25, 0.3) is 0 Å². The standard InChI is InChI=1S/C6H15N.C2H6OS.ClH/c1-4-7(5-2)6-3;1-4(2)3;/h4-6H2,1-3H3;1-2H3;1H. The summed E-state index contributed by atoms with van der Waals surface area (Å²) in [4.78, 5) is 2.38. The second-order valence-corrected chi connectivity index (χ2v) is 3.84. The molecule has 0 aromatic heterocycles. The molecule has 0 fully saturated rings. The molecule has 0 radical (unpaired) electrons. The molecule has 2 nitrogen and oxygen atoms in total. The summed E-state index contributed by atoms with van der Waals surface area (Å²) in [5.41, 5.74) is 0. The maximum Gasteiger partial charge on any atom is 0.0946 e. The molecule has 0 spiro atoms. The highest BCUT2D eigenvalue weighted by Crippen LogP contribution is 1.81. The van der Waals surface area contributed by atoms with Gasteiger partial charge in [0, 0.05) is 0 Å². The first-order valence-corrected chi connectivity index (χ1v) is 6.02. The maximum atomic E-state index is 9.56. The Balaban J connectivity index is -0.000000142. The lowest BCUT2D eigenvalue weighted by atomic mass is 10.5. The SMILES string of the molecule is CCN(CC)CC.C[S+](C)[O-].Cl. The van der Waals surface area contributed by atoms with Gasteiger partial charge in [-0.25, -0.2) is 0 Å². The van der Waals surface area contributed by atoms with Gasteiger partial charge in [-0.1, -0.05) is 31.9 Å². The van der Waals surface area contributed by atoms with E-state index in [1.165, 1.54) is 19.6 Å². The van der Waals surface area contributed by atoms with Crippen LogP contribution in [0, 0.1) is 0 Å². The van der Waals surface area contributed by atoms with Crippen LogP contribution in [0.25, 0.3) is 0 Å². The Bertz CT molecular complexity index is 61.8. The fourth-order valence-electron chi connectivity index (χ4n) is 0.671. The van der Waals surface area contributed by atoms with E-state index in [9.17, 15) is 4.55 Å². The first-order chi connectivity index (χ1) is 5.08. The van der Waals surface area contributed by atoms with Gasteiger partial charge in [-0.2, -0.15) is 0 Å². The Hall–Kier alpha value is 0.560. The van der Waals surface area contributed by atoms with Crippen LogP contribution in [-0.2, 0) is 11.2 Å². The third kappa shape index (κ3) is 22.4. The van der Waals surface area contributed by atoms with Crippen molar-refractivity contribution in [3.05, 3.63) is 0 Å². The van der Waals surface area contributed by atoms with E-state index in [0.29, 0.717) is 0 Å². The fourth-order valence-corrected chi connectivity index (χ4v) is 0.671. The van der Waals surface area contributed by atoms with Crippen molar-refractivity contribution in [2.24, 2.45) is 0 Å². The highest BCUT2D eigenvalue weighted by Gasteiger charge is 1.89. The minimum Gasteiger partial charge on any atom is -0.617 e. The lowest BCUT2D eigenvalue weighted by molar-refractivity contribution is 0.321. The molecule has 0 rings (SSSR count). The third-order valence-corrected chi connectivity index (χ3v) is 1.34. The number of nitrogens with zero attached hydrogens (tertiary/aromatic N) is 1. The van der Waals surface area contributed by atoms with Crippen molar-refractivity contribution in [2.75, 3.05) is 32.1 Å². The topological polar surface area (TPSA) is 26.3 Å². The van der Waals surface area contributed by atoms with Gasteiger partial charge in [0.2, 0.25) is 0 Å². The minimum absolute atomic E-state index is 0. The number of hydrogen-bond acceptors (Lipinski definition) is 2. The molecule has 0 saturated carbocycles. The van der Waals surface area contributed by atoms with Gasteiger partial charge in [0.15, 0.2) is 0 Å². The van der Waals surface area contributed by atoms with Crippen molar-refractivity contribution in [1.29, 1.82) is 0 Å². The smallest absolute Gasteiger partial charge is 0.0946 e. The Morgan fingerprint density at radius 1 is 1.00 bits per heavy atom. The van der Waals surface area contributed by atoms with Crippen LogP contribution in [0.3, 0.4) is 0 Å². The fraction of sp³-hybridized carbons (Fsp3) is 1.00. The Kier molecular flexibility index (Phi) is 21.6. The lowest BCUT2D eigenvalue weighted by Crippen LogP contribution is -2.21. The third-order valence-electron chi connectivity index (χ3n) is 1.34. The lowest BCUT2D eigenvalue weighted by Gasteiger charge is -2.13. The molecule has 12 heavy (non-hydrogen) atoms. The average Bonchev–Trinajstić information content (AvgIpc) is 1.90. The molecule has 0 unspecified atom stereocenters. The zero-order chi connectivity index (χ0) is 9.28. The second-order valence-electron chi connectivity index (χ2n) is 2.36. The van der Waals surface area contributed by atoms with E-state index in [2.05, 4.69) is 25.7 Å². The van der Waals surface area contributed by atoms with Gasteiger partial charge in [-0.05, 0) is 19.6 Å². The van der Waals surface area contributed by atoms with Gasteiger partial charge >= 0.3 is 0 Å². The minimum atomic E-state index is -0.611. The Labute approximate surface area is 86.3 Å². The van der Waals surface area contributed by atoms with Crippen LogP contribution in [0.15, 0.2) is 0 Å². The monoisotopic (exact) mass is 215 g/mol. The van der Waals surface area contributed by atoms with Gasteiger partial charge in [0.1, 0.15) is 0 Å². The van der Waals surface area contributed by atoms with Crippen molar-refractivity contribution in [1.82, 2.24) is 4.90 Å². The van der Waals surface area contributed by atoms with Crippen LogP contribution >= 0.6 is 12.4 Å². The highest BCUT2D eigenvalue weighted by molar-refractivity contribution is 7.89. The molecule has 0 aromatic rings. The molecule has 0 aliphatic rings. The van der Waals surface area contributed by atoms with Crippen molar-refractivity contribution in [2.45, 2.75) is 20.8 Å². The summed E-state index contributed by atoms with van der Waals surface area (Å²) >= 11 is -0.611. The van der Waals surface area contributed by atoms with Crippen molar-refractivity contribution >= 4 is 23.6 Å². The molecule has 0 saturated heterocycles. The largest absolute Gasteiger partial charge is 0.617 e. The van der Waals surface area contributed by atoms with E-state index in [1.54, 1.807) is 12.5 Å². The van der Waals surface area contributed by atoms with E-state index in [-0.39, 0.29) is 12.4 Å². The van der Waals surface area contributed by atoms with Crippen LogP contribution in [0.1, 0.15) is 20.8 Å². The molecule has 0 aliphatic carbocycles. The Morgan fingerprint density at radius 2 is 1.17 bits per heavy atom. The molecule has 0 aliphatic heterocycles. The molecule has 0 heterocycles. The van der Waals surface area contributed by atoms with Gasteiger partial charge in [-0.3, -0.25) is 0 Å². The number of rotatable bonds is 3. The van der Waals surface area contributed by atoms with E-state index < -0.39 is 11.2 Å². The highest BCUT2D eigenvalue weighted by atomic mass is 35.5. The van der Waals surface area contributed by atoms with Gasteiger partial charge in [-0.15, -0.1) is 12.4 Å². The number of halogens is 1. The molecular weight excluding hydrogens is 194 g/mol. The molecule has 0 amide bonds. The van der Waals surface area contributed by atoms with E-state index in [0.717, 1.165) is 0 Å². The van der Waals surface area contributed by atoms with Crippen LogP contribution in [0.2, 0.25) is 0 Å². The Morgan fingerprint density at radius 3 is 1.17 bits per heavy atom. The summed E-state index contributed by atoms with van der Waals surface area (Å²) in [6.07, 6.45) is 3.28. The maximum absolute atomic E-state index is 9.56. The molecule has 78 valence electrons. The van der Waals surface area contributed by atoms with Crippen molar-refractivity contribution in [3.63, 3.8) is 0 Å². The first-order valence-electron chi connectivity index (χ1n) is 4.05. The normalized spacial score (nSPS) is 9.00. The van der Waals surface area contributed by atoms with Crippen LogP contribution in [0.4, 0.5) is 0 Å².